The summed E-state index contributed by atoms with van der Waals surface area (Å²) in [6.07, 6.45) is 0. The first-order chi connectivity index (χ1) is 9.86. The molecular weight excluding hydrogens is 283 g/mol. The van der Waals surface area contributed by atoms with Crippen molar-refractivity contribution in [2.45, 2.75) is 45.6 Å². The van der Waals surface area contributed by atoms with Crippen LogP contribution in [-0.4, -0.2) is 12.0 Å². The third-order valence-corrected chi connectivity index (χ3v) is 5.11. The number of rotatable bonds is 5. The van der Waals surface area contributed by atoms with Gasteiger partial charge in [-0.05, 0) is 44.5 Å². The van der Waals surface area contributed by atoms with Crippen molar-refractivity contribution in [3.05, 3.63) is 51.2 Å². The Labute approximate surface area is 130 Å². The van der Waals surface area contributed by atoms with Gasteiger partial charge in [0.15, 0.2) is 0 Å². The quantitative estimate of drug-likeness (QED) is 0.882. The fraction of sp³-hybridized carbons (Fsp3) is 0.471. The molecule has 0 aliphatic carbocycles. The van der Waals surface area contributed by atoms with Gasteiger partial charge < -0.3 is 5.32 Å². The van der Waals surface area contributed by atoms with Crippen LogP contribution in [-0.2, 0) is 12.0 Å². The molecule has 0 spiro atoms. The van der Waals surface area contributed by atoms with Gasteiger partial charge in [0.05, 0.1) is 5.69 Å². The molecule has 2 nitrogen and oxygen atoms in total. The van der Waals surface area contributed by atoms with E-state index >= 15 is 0 Å². The van der Waals surface area contributed by atoms with Crippen LogP contribution in [0.15, 0.2) is 24.3 Å². The minimum Gasteiger partial charge on any atom is -0.315 e. The Kier molecular flexibility index (Phi) is 4.79. The predicted octanol–water partition coefficient (Wildman–Crippen LogP) is 4.45. The molecule has 1 heterocycles. The van der Waals surface area contributed by atoms with Gasteiger partial charge in [-0.25, -0.2) is 9.37 Å². The van der Waals surface area contributed by atoms with E-state index in [1.54, 1.807) is 11.3 Å². The minimum atomic E-state index is -0.214. The first kappa shape index (κ1) is 16.1. The average molecular weight is 306 g/mol. The van der Waals surface area contributed by atoms with Crippen molar-refractivity contribution in [2.75, 3.05) is 7.05 Å². The molecular formula is C17H23FN2S. The number of nitrogens with one attached hydrogen (secondary N) is 1. The second-order valence-electron chi connectivity index (χ2n) is 6.14. The normalized spacial score (nSPS) is 12.1. The minimum absolute atomic E-state index is 0.201. The first-order valence-electron chi connectivity index (χ1n) is 7.27. The van der Waals surface area contributed by atoms with Crippen LogP contribution in [0, 0.1) is 5.82 Å². The highest BCUT2D eigenvalue weighted by Gasteiger charge is 2.28. The number of hydrogen-bond acceptors (Lipinski definition) is 3. The maximum Gasteiger partial charge on any atom is 0.123 e. The second kappa shape index (κ2) is 6.24. The molecule has 0 bridgehead atoms. The predicted molar refractivity (Wildman–Crippen MR) is 87.5 cm³/mol. The van der Waals surface area contributed by atoms with Crippen LogP contribution >= 0.6 is 11.3 Å². The molecule has 0 radical (unpaired) electrons. The molecule has 1 N–H and O–H groups in total. The molecule has 0 fully saturated rings. The Balaban J connectivity index is 2.44. The second-order valence-corrected chi connectivity index (χ2v) is 7.23. The molecule has 21 heavy (non-hydrogen) atoms. The maximum absolute atomic E-state index is 13.1. The standard InChI is InChI=1S/C17H23FN2S/c1-11(2)15-14(10-19-5)21-16(20-15)17(3,4)12-6-8-13(18)9-7-12/h6-9,11,19H,10H2,1-5H3. The number of thiazole rings is 1. The molecule has 4 heteroatoms. The van der Waals surface area contributed by atoms with Crippen molar-refractivity contribution in [3.8, 4) is 0 Å². The highest BCUT2D eigenvalue weighted by atomic mass is 32.1. The van der Waals surface area contributed by atoms with Crippen molar-refractivity contribution in [2.24, 2.45) is 0 Å². The van der Waals surface area contributed by atoms with Gasteiger partial charge in [0.2, 0.25) is 0 Å². The van der Waals surface area contributed by atoms with Crippen molar-refractivity contribution in [1.82, 2.24) is 10.3 Å². The summed E-state index contributed by atoms with van der Waals surface area (Å²) in [6.45, 7) is 9.47. The van der Waals surface area contributed by atoms with E-state index in [0.29, 0.717) is 5.92 Å². The van der Waals surface area contributed by atoms with Crippen LogP contribution in [0.4, 0.5) is 4.39 Å². The van der Waals surface area contributed by atoms with Crippen molar-refractivity contribution in [1.29, 1.82) is 0 Å². The highest BCUT2D eigenvalue weighted by Crippen LogP contribution is 2.37. The third kappa shape index (κ3) is 3.33. The van der Waals surface area contributed by atoms with Gasteiger partial charge >= 0.3 is 0 Å². The number of halogens is 1. The topological polar surface area (TPSA) is 24.9 Å². The van der Waals surface area contributed by atoms with Crippen molar-refractivity contribution < 1.29 is 4.39 Å². The Morgan fingerprint density at radius 1 is 1.24 bits per heavy atom. The monoisotopic (exact) mass is 306 g/mol. The number of benzene rings is 1. The van der Waals surface area contributed by atoms with Crippen LogP contribution in [0.1, 0.15) is 54.8 Å². The lowest BCUT2D eigenvalue weighted by molar-refractivity contribution is 0.609. The van der Waals surface area contributed by atoms with Gasteiger partial charge in [-0.2, -0.15) is 0 Å². The van der Waals surface area contributed by atoms with Crippen molar-refractivity contribution in [3.63, 3.8) is 0 Å². The van der Waals surface area contributed by atoms with E-state index in [0.717, 1.165) is 17.1 Å². The Bertz CT molecular complexity index is 600. The fourth-order valence-corrected chi connectivity index (χ4v) is 3.71. The van der Waals surface area contributed by atoms with Gasteiger partial charge in [-0.1, -0.05) is 26.0 Å². The molecule has 0 amide bonds. The molecule has 0 saturated carbocycles. The molecule has 0 unspecified atom stereocenters. The summed E-state index contributed by atoms with van der Waals surface area (Å²) in [5.41, 5.74) is 2.04. The summed E-state index contributed by atoms with van der Waals surface area (Å²) in [5.74, 6) is 0.204. The average Bonchev–Trinajstić information content (AvgIpc) is 2.84. The zero-order chi connectivity index (χ0) is 15.6. The van der Waals surface area contributed by atoms with Gasteiger partial charge in [-0.3, -0.25) is 0 Å². The molecule has 2 aromatic rings. The smallest absolute Gasteiger partial charge is 0.123 e. The van der Waals surface area contributed by atoms with Gasteiger partial charge in [0.1, 0.15) is 10.8 Å². The van der Waals surface area contributed by atoms with Gasteiger partial charge in [0, 0.05) is 16.8 Å². The molecule has 2 rings (SSSR count). The fourth-order valence-electron chi connectivity index (χ4n) is 2.36. The SMILES string of the molecule is CNCc1sc(C(C)(C)c2ccc(F)cc2)nc1C(C)C. The third-order valence-electron chi connectivity index (χ3n) is 3.71. The summed E-state index contributed by atoms with van der Waals surface area (Å²) in [7, 11) is 1.95. The van der Waals surface area contributed by atoms with Crippen LogP contribution in [0.5, 0.6) is 0 Å². The van der Waals surface area contributed by atoms with Crippen LogP contribution < -0.4 is 5.32 Å². The Morgan fingerprint density at radius 2 is 1.86 bits per heavy atom. The lowest BCUT2D eigenvalue weighted by Crippen LogP contribution is -2.18. The number of aromatic nitrogens is 1. The van der Waals surface area contributed by atoms with Gasteiger partial charge in [0.25, 0.3) is 0 Å². The number of nitrogens with zero attached hydrogens (tertiary/aromatic N) is 1. The summed E-state index contributed by atoms with van der Waals surface area (Å²) >= 11 is 1.75. The largest absolute Gasteiger partial charge is 0.315 e. The molecule has 0 aliphatic rings. The van der Waals surface area contributed by atoms with E-state index in [1.807, 2.05) is 19.2 Å². The van der Waals surface area contributed by atoms with E-state index in [-0.39, 0.29) is 11.2 Å². The van der Waals surface area contributed by atoms with Crippen LogP contribution in [0.25, 0.3) is 0 Å². The first-order valence-corrected chi connectivity index (χ1v) is 8.08. The van der Waals surface area contributed by atoms with E-state index < -0.39 is 0 Å². The van der Waals surface area contributed by atoms with E-state index in [1.165, 1.54) is 22.7 Å². The molecule has 1 aromatic carbocycles. The Hall–Kier alpha value is -1.26. The molecule has 1 aromatic heterocycles. The van der Waals surface area contributed by atoms with E-state index in [4.69, 9.17) is 4.98 Å². The maximum atomic E-state index is 13.1. The summed E-state index contributed by atoms with van der Waals surface area (Å²) in [5, 5.41) is 4.30. The molecule has 0 atom stereocenters. The molecule has 0 saturated heterocycles. The van der Waals surface area contributed by atoms with E-state index in [9.17, 15) is 4.39 Å². The lowest BCUT2D eigenvalue weighted by Gasteiger charge is -2.22. The van der Waals surface area contributed by atoms with E-state index in [2.05, 4.69) is 33.0 Å². The van der Waals surface area contributed by atoms with Gasteiger partial charge in [-0.15, -0.1) is 11.3 Å². The molecule has 114 valence electrons. The van der Waals surface area contributed by atoms with Crippen LogP contribution in [0.2, 0.25) is 0 Å². The lowest BCUT2D eigenvalue weighted by atomic mass is 9.85. The Morgan fingerprint density at radius 3 is 2.38 bits per heavy atom. The van der Waals surface area contributed by atoms with Crippen LogP contribution in [0.3, 0.4) is 0 Å². The summed E-state index contributed by atoms with van der Waals surface area (Å²) in [6, 6.07) is 6.73. The molecule has 0 aliphatic heterocycles. The summed E-state index contributed by atoms with van der Waals surface area (Å²) in [4.78, 5) is 6.17. The van der Waals surface area contributed by atoms with Crippen molar-refractivity contribution >= 4 is 11.3 Å². The number of hydrogen-bond donors (Lipinski definition) is 1. The zero-order valence-corrected chi connectivity index (χ0v) is 14.1. The summed E-state index contributed by atoms with van der Waals surface area (Å²) < 4.78 is 13.1. The highest BCUT2D eigenvalue weighted by molar-refractivity contribution is 7.12. The zero-order valence-electron chi connectivity index (χ0n) is 13.3.